The van der Waals surface area contributed by atoms with Gasteiger partial charge < -0.3 is 14.8 Å². The summed E-state index contributed by atoms with van der Waals surface area (Å²) >= 11 is 5.89. The van der Waals surface area contributed by atoms with Crippen LogP contribution >= 0.6 is 11.6 Å². The third-order valence-electron chi connectivity index (χ3n) is 2.94. The van der Waals surface area contributed by atoms with Gasteiger partial charge in [0, 0.05) is 17.6 Å². The first-order valence-electron chi connectivity index (χ1n) is 6.71. The monoisotopic (exact) mass is 318 g/mol. The molecule has 1 aromatic carbocycles. The molecule has 0 spiro atoms. The molecule has 0 aliphatic rings. The Morgan fingerprint density at radius 3 is 2.77 bits per heavy atom. The number of nitrogens with zero attached hydrogens (tertiary/aromatic N) is 1. The largest absolute Gasteiger partial charge is 0.445 e. The number of hydrogen-bond donors (Lipinski definition) is 1. The zero-order valence-corrected chi connectivity index (χ0v) is 12.5. The van der Waals surface area contributed by atoms with Crippen molar-refractivity contribution in [2.75, 3.05) is 0 Å². The van der Waals surface area contributed by atoms with Gasteiger partial charge in [-0.2, -0.15) is 0 Å². The van der Waals surface area contributed by atoms with E-state index < -0.39 is 12.1 Å². The van der Waals surface area contributed by atoms with Crippen molar-refractivity contribution in [3.8, 4) is 0 Å². The second kappa shape index (κ2) is 8.14. The van der Waals surface area contributed by atoms with Crippen LogP contribution in [0.4, 0.5) is 4.79 Å². The van der Waals surface area contributed by atoms with Gasteiger partial charge in [0.2, 0.25) is 0 Å². The van der Waals surface area contributed by atoms with E-state index in [1.54, 1.807) is 12.1 Å². The summed E-state index contributed by atoms with van der Waals surface area (Å²) in [6.45, 7) is 0.156. The number of alkyl carbamates (subject to hydrolysis) is 1. The van der Waals surface area contributed by atoms with E-state index in [0.717, 1.165) is 5.56 Å². The maximum atomic E-state index is 11.8. The summed E-state index contributed by atoms with van der Waals surface area (Å²) in [5.41, 5.74) is 1.39. The second-order valence-electron chi connectivity index (χ2n) is 4.56. The van der Waals surface area contributed by atoms with Crippen molar-refractivity contribution in [2.45, 2.75) is 19.1 Å². The molecule has 2 rings (SSSR count). The Labute approximate surface area is 133 Å². The van der Waals surface area contributed by atoms with Crippen LogP contribution in [0.3, 0.4) is 0 Å². The van der Waals surface area contributed by atoms with Crippen molar-refractivity contribution in [1.29, 1.82) is 0 Å². The van der Waals surface area contributed by atoms with Crippen LogP contribution in [0.25, 0.3) is 0 Å². The summed E-state index contributed by atoms with van der Waals surface area (Å²) in [5, 5.41) is 3.10. The molecule has 0 aliphatic heterocycles. The van der Waals surface area contributed by atoms with Crippen molar-refractivity contribution in [3.63, 3.8) is 0 Å². The van der Waals surface area contributed by atoms with Gasteiger partial charge in [-0.25, -0.2) is 4.79 Å². The van der Waals surface area contributed by atoms with Crippen LogP contribution in [-0.4, -0.2) is 17.4 Å². The van der Waals surface area contributed by atoms with Crippen molar-refractivity contribution >= 4 is 24.0 Å². The van der Waals surface area contributed by atoms with Crippen molar-refractivity contribution < 1.29 is 14.3 Å². The van der Waals surface area contributed by atoms with Gasteiger partial charge in [0.05, 0.1) is 11.7 Å². The number of amides is 1. The van der Waals surface area contributed by atoms with E-state index >= 15 is 0 Å². The van der Waals surface area contributed by atoms with Gasteiger partial charge >= 0.3 is 6.09 Å². The minimum absolute atomic E-state index is 0.0911. The van der Waals surface area contributed by atoms with Crippen molar-refractivity contribution in [3.05, 3.63) is 64.9 Å². The van der Waals surface area contributed by atoms with Gasteiger partial charge in [-0.1, -0.05) is 41.9 Å². The summed E-state index contributed by atoms with van der Waals surface area (Å²) in [7, 11) is 0. The predicted molar refractivity (Wildman–Crippen MR) is 82.4 cm³/mol. The Kier molecular flexibility index (Phi) is 5.91. The number of aldehydes is 1. The van der Waals surface area contributed by atoms with Gasteiger partial charge in [-0.05, 0) is 17.7 Å². The lowest BCUT2D eigenvalue weighted by molar-refractivity contribution is -0.108. The van der Waals surface area contributed by atoms with Gasteiger partial charge in [0.1, 0.15) is 12.9 Å². The number of nitrogens with one attached hydrogen (secondary N) is 1. The summed E-state index contributed by atoms with van der Waals surface area (Å²) in [5.74, 6) is 0. The average molecular weight is 319 g/mol. The zero-order valence-electron chi connectivity index (χ0n) is 11.7. The molecule has 114 valence electrons. The second-order valence-corrected chi connectivity index (χ2v) is 5.00. The molecule has 1 aromatic heterocycles. The normalized spacial score (nSPS) is 11.5. The van der Waals surface area contributed by atoms with Crippen molar-refractivity contribution in [2.24, 2.45) is 0 Å². The van der Waals surface area contributed by atoms with E-state index in [1.807, 2.05) is 30.3 Å². The minimum Gasteiger partial charge on any atom is -0.445 e. The van der Waals surface area contributed by atoms with Gasteiger partial charge in [0.25, 0.3) is 0 Å². The van der Waals surface area contributed by atoms with E-state index in [1.165, 1.54) is 6.20 Å². The fourth-order valence-electron chi connectivity index (χ4n) is 1.87. The molecule has 0 aliphatic carbocycles. The van der Waals surface area contributed by atoms with Crippen LogP contribution < -0.4 is 5.32 Å². The summed E-state index contributed by atoms with van der Waals surface area (Å²) in [4.78, 5) is 26.7. The fourth-order valence-corrected chi connectivity index (χ4v) is 2.04. The summed E-state index contributed by atoms with van der Waals surface area (Å²) in [6, 6.07) is 12.0. The molecule has 1 atom stereocenters. The fraction of sp³-hybridized carbons (Fsp3) is 0.188. The van der Waals surface area contributed by atoms with Crippen molar-refractivity contribution in [1.82, 2.24) is 10.3 Å². The quantitative estimate of drug-likeness (QED) is 0.830. The number of pyridine rings is 1. The molecule has 1 heterocycles. The lowest BCUT2D eigenvalue weighted by Gasteiger charge is -2.16. The maximum absolute atomic E-state index is 11.8. The molecule has 0 unspecified atom stereocenters. The number of carbonyl (C=O) groups excluding carboxylic acids is 2. The molecule has 0 saturated heterocycles. The van der Waals surface area contributed by atoms with Gasteiger partial charge in [-0.3, -0.25) is 4.98 Å². The number of aromatic nitrogens is 1. The Hall–Kier alpha value is -2.40. The number of ether oxygens (including phenoxy) is 1. The number of hydrogen-bond acceptors (Lipinski definition) is 4. The topological polar surface area (TPSA) is 68.3 Å². The van der Waals surface area contributed by atoms with Gasteiger partial charge in [-0.15, -0.1) is 0 Å². The highest BCUT2D eigenvalue weighted by atomic mass is 35.5. The maximum Gasteiger partial charge on any atom is 0.408 e. The molecule has 6 heteroatoms. The zero-order chi connectivity index (χ0) is 15.8. The van der Waals surface area contributed by atoms with Crippen LogP contribution in [0.5, 0.6) is 0 Å². The van der Waals surface area contributed by atoms with Crippen LogP contribution in [0.1, 0.15) is 23.7 Å². The Balaban J connectivity index is 1.95. The Morgan fingerprint density at radius 1 is 1.32 bits per heavy atom. The van der Waals surface area contributed by atoms with E-state index in [2.05, 4.69) is 10.3 Å². The van der Waals surface area contributed by atoms with Crippen LogP contribution in [0, 0.1) is 0 Å². The van der Waals surface area contributed by atoms with E-state index in [0.29, 0.717) is 17.0 Å². The first kappa shape index (κ1) is 16.0. The number of benzene rings is 1. The van der Waals surface area contributed by atoms with E-state index in [4.69, 9.17) is 16.3 Å². The van der Waals surface area contributed by atoms with E-state index in [9.17, 15) is 9.59 Å². The molecule has 0 fully saturated rings. The summed E-state index contributed by atoms with van der Waals surface area (Å²) < 4.78 is 5.13. The van der Waals surface area contributed by atoms with Gasteiger partial charge in [0.15, 0.2) is 0 Å². The van der Waals surface area contributed by atoms with E-state index in [-0.39, 0.29) is 13.0 Å². The first-order valence-corrected chi connectivity index (χ1v) is 7.09. The molecular weight excluding hydrogens is 304 g/mol. The molecule has 2 aromatic rings. The molecule has 0 saturated carbocycles. The lowest BCUT2D eigenvalue weighted by atomic mass is 10.1. The highest BCUT2D eigenvalue weighted by Crippen LogP contribution is 2.17. The van der Waals surface area contributed by atoms with Crippen LogP contribution in [-0.2, 0) is 16.1 Å². The highest BCUT2D eigenvalue weighted by Gasteiger charge is 2.16. The van der Waals surface area contributed by atoms with Crippen LogP contribution in [0.15, 0.2) is 48.7 Å². The third kappa shape index (κ3) is 4.86. The molecule has 1 amide bonds. The first-order chi connectivity index (χ1) is 10.7. The number of rotatable bonds is 6. The molecule has 0 radical (unpaired) electrons. The number of halogens is 1. The van der Waals surface area contributed by atoms with Crippen LogP contribution in [0.2, 0.25) is 5.02 Å². The summed E-state index contributed by atoms with van der Waals surface area (Å²) in [6.07, 6.45) is 1.71. The molecular formula is C16H15ClN2O3. The Bertz CT molecular complexity index is 634. The SMILES string of the molecule is O=CC[C@H](NC(=O)OCc1ccccc1)c1cc(Cl)ccn1. The standard InChI is InChI=1S/C16H15ClN2O3/c17-13-6-8-18-15(10-13)14(7-9-20)19-16(21)22-11-12-4-2-1-3-5-12/h1-6,8-10,14H,7,11H2,(H,19,21)/t14-/m0/s1. The lowest BCUT2D eigenvalue weighted by Crippen LogP contribution is -2.30. The Morgan fingerprint density at radius 2 is 2.09 bits per heavy atom. The minimum atomic E-state index is -0.613. The molecule has 5 nitrogen and oxygen atoms in total. The number of carbonyl (C=O) groups is 2. The molecule has 0 bridgehead atoms. The molecule has 1 N–H and O–H groups in total. The highest BCUT2D eigenvalue weighted by molar-refractivity contribution is 6.30. The molecule has 22 heavy (non-hydrogen) atoms. The predicted octanol–water partition coefficient (Wildman–Crippen LogP) is 3.29. The smallest absolute Gasteiger partial charge is 0.408 e. The third-order valence-corrected chi connectivity index (χ3v) is 3.17. The average Bonchev–Trinajstić information content (AvgIpc) is 2.53.